The average Bonchev–Trinajstić information content (AvgIpc) is 2.77. The fraction of sp³-hybridized carbons (Fsp3) is 0.385. The van der Waals surface area contributed by atoms with Crippen molar-refractivity contribution < 1.29 is 18.7 Å². The number of hydrogen-bond acceptors (Lipinski definition) is 6. The van der Waals surface area contributed by atoms with Gasteiger partial charge in [0.2, 0.25) is 5.91 Å². The van der Waals surface area contributed by atoms with Crippen molar-refractivity contribution in [2.75, 3.05) is 31.6 Å². The molecule has 0 aliphatic carbocycles. The molecule has 174 valence electrons. The number of carbonyl (C=O) groups excluding carboxylic acids is 1. The van der Waals surface area contributed by atoms with E-state index in [1.807, 2.05) is 24.8 Å². The van der Waals surface area contributed by atoms with Gasteiger partial charge in [-0.15, -0.1) is 0 Å². The molecule has 1 amide bonds. The maximum absolute atomic E-state index is 12.8. The summed E-state index contributed by atoms with van der Waals surface area (Å²) in [5.41, 5.74) is 4.03. The molecule has 1 aliphatic rings. The molecule has 3 aromatic rings. The largest absolute Gasteiger partial charge is 0.486 e. The third-order valence-electron chi connectivity index (χ3n) is 5.87. The molecule has 1 N–H and O–H groups in total. The minimum absolute atomic E-state index is 0.139. The van der Waals surface area contributed by atoms with Crippen LogP contribution in [0.25, 0.3) is 11.0 Å². The normalized spacial score (nSPS) is 13.0. The number of rotatable bonds is 7. The zero-order chi connectivity index (χ0) is 23.5. The van der Waals surface area contributed by atoms with Crippen molar-refractivity contribution in [2.24, 2.45) is 0 Å². The summed E-state index contributed by atoms with van der Waals surface area (Å²) < 4.78 is 16.6. The van der Waals surface area contributed by atoms with Crippen LogP contribution in [0.1, 0.15) is 43.4 Å². The molecule has 4 rings (SSSR count). The Morgan fingerprint density at radius 2 is 1.85 bits per heavy atom. The lowest BCUT2D eigenvalue weighted by Gasteiger charge is -2.22. The fourth-order valence-corrected chi connectivity index (χ4v) is 4.19. The number of likely N-dealkylation sites (N-methyl/N-ethyl adjacent to an activating group) is 1. The van der Waals surface area contributed by atoms with Crippen LogP contribution in [0.3, 0.4) is 0 Å². The standard InChI is InChI=1S/C26H30N2O5/c1-5-28(15-25(29)27-19-6-7-22-24(12-19)32-9-8-31-22)14-18-11-26(30)33-23-10-17(4)20(16(2)3)13-21(18)23/h6-7,10-13,16H,5,8-9,14-15H2,1-4H3,(H,27,29). The number of benzene rings is 2. The predicted molar refractivity (Wildman–Crippen MR) is 128 cm³/mol. The number of amides is 1. The Morgan fingerprint density at radius 1 is 1.09 bits per heavy atom. The van der Waals surface area contributed by atoms with Crippen LogP contribution in [-0.2, 0) is 11.3 Å². The maximum Gasteiger partial charge on any atom is 0.336 e. The van der Waals surface area contributed by atoms with E-state index in [1.165, 1.54) is 11.6 Å². The summed E-state index contributed by atoms with van der Waals surface area (Å²) >= 11 is 0. The highest BCUT2D eigenvalue weighted by atomic mass is 16.6. The van der Waals surface area contributed by atoms with E-state index in [2.05, 4.69) is 25.2 Å². The van der Waals surface area contributed by atoms with Crippen LogP contribution in [-0.4, -0.2) is 37.1 Å². The quantitative estimate of drug-likeness (QED) is 0.536. The van der Waals surface area contributed by atoms with Gasteiger partial charge in [0.25, 0.3) is 0 Å². The molecular formula is C26H30N2O5. The zero-order valence-corrected chi connectivity index (χ0v) is 19.6. The minimum Gasteiger partial charge on any atom is -0.486 e. The molecule has 7 nitrogen and oxygen atoms in total. The van der Waals surface area contributed by atoms with Gasteiger partial charge in [-0.05, 0) is 60.3 Å². The molecule has 1 aromatic heterocycles. The summed E-state index contributed by atoms with van der Waals surface area (Å²) in [6, 6.07) is 10.9. The summed E-state index contributed by atoms with van der Waals surface area (Å²) in [6.07, 6.45) is 0. The lowest BCUT2D eigenvalue weighted by molar-refractivity contribution is -0.117. The summed E-state index contributed by atoms with van der Waals surface area (Å²) in [5, 5.41) is 3.84. The van der Waals surface area contributed by atoms with Crippen molar-refractivity contribution in [3.05, 3.63) is 63.5 Å². The molecule has 33 heavy (non-hydrogen) atoms. The second kappa shape index (κ2) is 9.67. The second-order valence-electron chi connectivity index (χ2n) is 8.66. The van der Waals surface area contributed by atoms with E-state index < -0.39 is 0 Å². The zero-order valence-electron chi connectivity index (χ0n) is 19.6. The Labute approximate surface area is 193 Å². The molecule has 7 heteroatoms. The second-order valence-corrected chi connectivity index (χ2v) is 8.66. The van der Waals surface area contributed by atoms with Gasteiger partial charge in [-0.25, -0.2) is 4.79 Å². The Kier molecular flexibility index (Phi) is 6.70. The van der Waals surface area contributed by atoms with Crippen molar-refractivity contribution in [3.63, 3.8) is 0 Å². The van der Waals surface area contributed by atoms with Crippen LogP contribution in [0.2, 0.25) is 0 Å². The summed E-state index contributed by atoms with van der Waals surface area (Å²) in [4.78, 5) is 26.9. The molecule has 2 heterocycles. The Balaban J connectivity index is 1.52. The molecule has 0 atom stereocenters. The number of fused-ring (bicyclic) bond motifs is 2. The van der Waals surface area contributed by atoms with E-state index in [0.29, 0.717) is 55.0 Å². The maximum atomic E-state index is 12.8. The van der Waals surface area contributed by atoms with E-state index in [1.54, 1.807) is 18.2 Å². The van der Waals surface area contributed by atoms with Gasteiger partial charge in [0.1, 0.15) is 18.8 Å². The van der Waals surface area contributed by atoms with E-state index in [-0.39, 0.29) is 18.1 Å². The molecular weight excluding hydrogens is 420 g/mol. The SMILES string of the molecule is CCN(CC(=O)Nc1ccc2c(c1)OCCO2)Cc1cc(=O)oc2cc(C)c(C(C)C)cc12. The number of anilines is 1. The van der Waals surface area contributed by atoms with E-state index in [0.717, 1.165) is 16.5 Å². The van der Waals surface area contributed by atoms with Crippen LogP contribution in [0, 0.1) is 6.92 Å². The number of aryl methyl sites for hydroxylation is 1. The van der Waals surface area contributed by atoms with Gasteiger partial charge in [0.05, 0.1) is 6.54 Å². The summed E-state index contributed by atoms with van der Waals surface area (Å²) in [6.45, 7) is 10.6. The van der Waals surface area contributed by atoms with Gasteiger partial charge in [-0.2, -0.15) is 0 Å². The first-order valence-electron chi connectivity index (χ1n) is 11.3. The van der Waals surface area contributed by atoms with Crippen LogP contribution in [0.5, 0.6) is 11.5 Å². The van der Waals surface area contributed by atoms with E-state index in [4.69, 9.17) is 13.9 Å². The first kappa shape index (κ1) is 22.9. The van der Waals surface area contributed by atoms with Crippen molar-refractivity contribution in [2.45, 2.75) is 40.2 Å². The van der Waals surface area contributed by atoms with Crippen LogP contribution in [0.4, 0.5) is 5.69 Å². The van der Waals surface area contributed by atoms with Crippen LogP contribution >= 0.6 is 0 Å². The molecule has 0 saturated carbocycles. The Hall–Kier alpha value is -3.32. The molecule has 0 spiro atoms. The molecule has 0 bridgehead atoms. The first-order valence-corrected chi connectivity index (χ1v) is 11.3. The lowest BCUT2D eigenvalue weighted by atomic mass is 9.95. The van der Waals surface area contributed by atoms with Crippen molar-refractivity contribution in [1.82, 2.24) is 4.90 Å². The van der Waals surface area contributed by atoms with E-state index in [9.17, 15) is 9.59 Å². The first-order chi connectivity index (χ1) is 15.8. The topological polar surface area (TPSA) is 81.0 Å². The van der Waals surface area contributed by atoms with Crippen molar-refractivity contribution in [1.29, 1.82) is 0 Å². The third kappa shape index (κ3) is 5.20. The number of hydrogen-bond donors (Lipinski definition) is 1. The smallest absolute Gasteiger partial charge is 0.336 e. The van der Waals surface area contributed by atoms with Crippen molar-refractivity contribution in [3.8, 4) is 11.5 Å². The molecule has 0 fully saturated rings. The molecule has 0 saturated heterocycles. The van der Waals surface area contributed by atoms with Gasteiger partial charge in [-0.3, -0.25) is 9.69 Å². The predicted octanol–water partition coefficient (Wildman–Crippen LogP) is 4.46. The Morgan fingerprint density at radius 3 is 2.58 bits per heavy atom. The van der Waals surface area contributed by atoms with Gasteiger partial charge in [0.15, 0.2) is 11.5 Å². The molecule has 0 radical (unpaired) electrons. The van der Waals surface area contributed by atoms with E-state index >= 15 is 0 Å². The fourth-order valence-electron chi connectivity index (χ4n) is 4.19. The lowest BCUT2D eigenvalue weighted by Crippen LogP contribution is -2.33. The average molecular weight is 451 g/mol. The van der Waals surface area contributed by atoms with Crippen LogP contribution < -0.4 is 20.4 Å². The minimum atomic E-state index is -0.383. The van der Waals surface area contributed by atoms with Gasteiger partial charge < -0.3 is 19.2 Å². The number of nitrogens with one attached hydrogen (secondary N) is 1. The summed E-state index contributed by atoms with van der Waals surface area (Å²) in [7, 11) is 0. The van der Waals surface area contributed by atoms with Crippen molar-refractivity contribution >= 4 is 22.6 Å². The van der Waals surface area contributed by atoms with Gasteiger partial charge in [-0.1, -0.05) is 20.8 Å². The number of nitrogens with zero attached hydrogens (tertiary/aromatic N) is 1. The highest BCUT2D eigenvalue weighted by molar-refractivity contribution is 5.92. The van der Waals surface area contributed by atoms with Gasteiger partial charge in [0, 0.05) is 29.8 Å². The Bertz CT molecular complexity index is 1230. The number of carbonyl (C=O) groups is 1. The monoisotopic (exact) mass is 450 g/mol. The highest BCUT2D eigenvalue weighted by Crippen LogP contribution is 2.32. The summed E-state index contributed by atoms with van der Waals surface area (Å²) in [5.74, 6) is 1.53. The molecule has 1 aliphatic heterocycles. The van der Waals surface area contributed by atoms with Gasteiger partial charge >= 0.3 is 5.63 Å². The third-order valence-corrected chi connectivity index (χ3v) is 5.87. The number of ether oxygens (including phenoxy) is 2. The molecule has 0 unspecified atom stereocenters. The highest BCUT2D eigenvalue weighted by Gasteiger charge is 2.17. The van der Waals surface area contributed by atoms with Crippen LogP contribution in [0.15, 0.2) is 45.6 Å². The molecule has 2 aromatic carbocycles.